The smallest absolute Gasteiger partial charge is 0.264 e. The molecule has 2 aromatic heterocycles. The number of amides is 1. The van der Waals surface area contributed by atoms with Crippen LogP contribution in [-0.2, 0) is 14.8 Å². The fourth-order valence-corrected chi connectivity index (χ4v) is 4.77. The molecule has 0 saturated carbocycles. The van der Waals surface area contributed by atoms with Crippen molar-refractivity contribution >= 4 is 56.8 Å². The van der Waals surface area contributed by atoms with Gasteiger partial charge in [-0.1, -0.05) is 23.2 Å². The number of aryl methyl sites for hydroxylation is 2. The maximum absolute atomic E-state index is 12.6. The number of rotatable bonds is 7. The van der Waals surface area contributed by atoms with E-state index in [0.717, 1.165) is 0 Å². The van der Waals surface area contributed by atoms with Gasteiger partial charge in [-0.3, -0.25) is 4.79 Å². The lowest BCUT2D eigenvalue weighted by molar-refractivity contribution is -0.111. The normalized spacial score (nSPS) is 11.6. The topological polar surface area (TPSA) is 114 Å². The summed E-state index contributed by atoms with van der Waals surface area (Å²) in [7, 11) is -3.90. The second-order valence-electron chi connectivity index (χ2n) is 7.79. The Morgan fingerprint density at radius 3 is 2.19 bits per heavy atom. The molecular weight excluding hydrogens is 523 g/mol. The minimum absolute atomic E-state index is 0.00281. The van der Waals surface area contributed by atoms with Gasteiger partial charge in [0.25, 0.3) is 10.0 Å². The van der Waals surface area contributed by atoms with Crippen LogP contribution in [0.1, 0.15) is 17.1 Å². The van der Waals surface area contributed by atoms with Crippen molar-refractivity contribution in [1.82, 2.24) is 9.97 Å². The average Bonchev–Trinajstić information content (AvgIpc) is 3.26. The van der Waals surface area contributed by atoms with Crippen molar-refractivity contribution < 1.29 is 17.6 Å². The van der Waals surface area contributed by atoms with Gasteiger partial charge in [-0.25, -0.2) is 23.1 Å². The molecule has 0 atom stereocenters. The summed E-state index contributed by atoms with van der Waals surface area (Å²) in [5, 5.41) is 3.64. The van der Waals surface area contributed by atoms with E-state index in [4.69, 9.17) is 27.6 Å². The minimum atomic E-state index is -3.90. The third-order valence-electron chi connectivity index (χ3n) is 4.81. The molecule has 2 N–H and O–H groups in total. The molecule has 8 nitrogen and oxygen atoms in total. The number of carbonyl (C=O) groups is 1. The summed E-state index contributed by atoms with van der Waals surface area (Å²) >= 11 is 12.1. The summed E-state index contributed by atoms with van der Waals surface area (Å²) in [4.78, 5) is 20.5. The third-order valence-corrected chi connectivity index (χ3v) is 6.59. The fourth-order valence-electron chi connectivity index (χ4n) is 3.30. The Hall–Kier alpha value is -3.66. The van der Waals surface area contributed by atoms with Gasteiger partial charge in [0.2, 0.25) is 11.9 Å². The standard InChI is InChI=1S/C25H20Cl2N4O4S/c1-15-11-16(2)29-25(28-15)31-36(33,34)22-7-3-20(4-8-22)30-24(32)10-6-21-5-9-23(35-21)17-12-18(26)14-19(27)13-17/h3-14H,1-2H3,(H,30,32)(H,28,29,31)/b10-6+. The molecule has 0 saturated heterocycles. The largest absolute Gasteiger partial charge is 0.457 e. The fraction of sp³-hybridized carbons (Fsp3) is 0.0800. The van der Waals surface area contributed by atoms with Crippen molar-refractivity contribution in [3.63, 3.8) is 0 Å². The van der Waals surface area contributed by atoms with Crippen LogP contribution in [-0.4, -0.2) is 24.3 Å². The molecule has 0 aliphatic rings. The Kier molecular flexibility index (Phi) is 7.44. The Balaban J connectivity index is 1.39. The van der Waals surface area contributed by atoms with E-state index >= 15 is 0 Å². The Bertz CT molecular complexity index is 1520. The van der Waals surface area contributed by atoms with E-state index in [1.54, 1.807) is 50.2 Å². The van der Waals surface area contributed by atoms with Crippen LogP contribution in [0.15, 0.2) is 76.1 Å². The van der Waals surface area contributed by atoms with Gasteiger partial charge in [-0.15, -0.1) is 0 Å². The lowest BCUT2D eigenvalue weighted by atomic mass is 10.2. The molecule has 2 heterocycles. The van der Waals surface area contributed by atoms with Crippen molar-refractivity contribution in [3.05, 3.63) is 93.9 Å². The monoisotopic (exact) mass is 542 g/mol. The van der Waals surface area contributed by atoms with Crippen LogP contribution >= 0.6 is 23.2 Å². The highest BCUT2D eigenvalue weighted by molar-refractivity contribution is 7.92. The highest BCUT2D eigenvalue weighted by atomic mass is 35.5. The number of carbonyl (C=O) groups excluding carboxylic acids is 1. The number of aromatic nitrogens is 2. The third kappa shape index (κ3) is 6.51. The summed E-state index contributed by atoms with van der Waals surface area (Å²) in [6.07, 6.45) is 2.81. The minimum Gasteiger partial charge on any atom is -0.457 e. The van der Waals surface area contributed by atoms with Crippen LogP contribution in [0.4, 0.5) is 11.6 Å². The first-order valence-corrected chi connectivity index (χ1v) is 12.8. The predicted octanol–water partition coefficient (Wildman–Crippen LogP) is 6.11. The van der Waals surface area contributed by atoms with Crippen LogP contribution in [0.2, 0.25) is 10.0 Å². The molecule has 0 spiro atoms. The van der Waals surface area contributed by atoms with Crippen LogP contribution in [0.5, 0.6) is 0 Å². The molecule has 184 valence electrons. The van der Waals surface area contributed by atoms with Crippen molar-refractivity contribution in [1.29, 1.82) is 0 Å². The second kappa shape index (κ2) is 10.5. The number of nitrogens with one attached hydrogen (secondary N) is 2. The number of nitrogens with zero attached hydrogens (tertiary/aromatic N) is 2. The molecule has 0 fully saturated rings. The zero-order valence-electron chi connectivity index (χ0n) is 19.1. The van der Waals surface area contributed by atoms with E-state index in [0.29, 0.717) is 44.2 Å². The Labute approximate surface area is 218 Å². The molecule has 2 aromatic carbocycles. The molecule has 0 aliphatic carbocycles. The lowest BCUT2D eigenvalue weighted by Crippen LogP contribution is -2.16. The Morgan fingerprint density at radius 2 is 1.56 bits per heavy atom. The molecule has 0 aliphatic heterocycles. The number of hydrogen-bond donors (Lipinski definition) is 2. The molecule has 0 bridgehead atoms. The van der Waals surface area contributed by atoms with Gasteiger partial charge in [0.05, 0.1) is 4.90 Å². The summed E-state index contributed by atoms with van der Waals surface area (Å²) < 4.78 is 33.4. The lowest BCUT2D eigenvalue weighted by Gasteiger charge is -2.09. The highest BCUT2D eigenvalue weighted by Gasteiger charge is 2.16. The first kappa shape index (κ1) is 25.4. The second-order valence-corrected chi connectivity index (χ2v) is 10.3. The first-order chi connectivity index (χ1) is 17.1. The van der Waals surface area contributed by atoms with Gasteiger partial charge in [-0.05, 0) is 80.6 Å². The molecule has 4 rings (SSSR count). The summed E-state index contributed by atoms with van der Waals surface area (Å²) in [6, 6.07) is 16.0. The predicted molar refractivity (Wildman–Crippen MR) is 141 cm³/mol. The first-order valence-electron chi connectivity index (χ1n) is 10.6. The van der Waals surface area contributed by atoms with Gasteiger partial charge in [0, 0.05) is 38.8 Å². The highest BCUT2D eigenvalue weighted by Crippen LogP contribution is 2.29. The van der Waals surface area contributed by atoms with Crippen LogP contribution in [0.3, 0.4) is 0 Å². The van der Waals surface area contributed by atoms with Gasteiger partial charge >= 0.3 is 0 Å². The maximum atomic E-state index is 12.6. The van der Waals surface area contributed by atoms with Crippen LogP contribution in [0.25, 0.3) is 17.4 Å². The number of hydrogen-bond acceptors (Lipinski definition) is 6. The van der Waals surface area contributed by atoms with E-state index in [-0.39, 0.29) is 10.8 Å². The number of furan rings is 1. The van der Waals surface area contributed by atoms with E-state index in [9.17, 15) is 13.2 Å². The van der Waals surface area contributed by atoms with Crippen molar-refractivity contribution in [3.8, 4) is 11.3 Å². The maximum Gasteiger partial charge on any atom is 0.264 e. The van der Waals surface area contributed by atoms with Gasteiger partial charge in [0.1, 0.15) is 11.5 Å². The molecular formula is C25H20Cl2N4O4S. The summed E-state index contributed by atoms with van der Waals surface area (Å²) in [5.41, 5.74) is 2.42. The van der Waals surface area contributed by atoms with Crippen LogP contribution in [0, 0.1) is 13.8 Å². The zero-order valence-corrected chi connectivity index (χ0v) is 21.4. The van der Waals surface area contributed by atoms with Crippen molar-refractivity contribution in [2.45, 2.75) is 18.7 Å². The van der Waals surface area contributed by atoms with Crippen LogP contribution < -0.4 is 10.0 Å². The molecule has 1 amide bonds. The average molecular weight is 543 g/mol. The zero-order chi connectivity index (χ0) is 25.9. The molecule has 11 heteroatoms. The number of sulfonamides is 1. The van der Waals surface area contributed by atoms with E-state index in [2.05, 4.69) is 20.0 Å². The number of anilines is 2. The molecule has 0 radical (unpaired) electrons. The quantitative estimate of drug-likeness (QED) is 0.272. The van der Waals surface area contributed by atoms with Crippen molar-refractivity contribution in [2.75, 3.05) is 10.0 Å². The van der Waals surface area contributed by atoms with E-state index in [1.165, 1.54) is 36.4 Å². The number of halogens is 2. The van der Waals surface area contributed by atoms with E-state index < -0.39 is 15.9 Å². The van der Waals surface area contributed by atoms with Gasteiger partial charge in [0.15, 0.2) is 0 Å². The molecule has 36 heavy (non-hydrogen) atoms. The van der Waals surface area contributed by atoms with Gasteiger partial charge in [-0.2, -0.15) is 0 Å². The van der Waals surface area contributed by atoms with Gasteiger partial charge < -0.3 is 9.73 Å². The summed E-state index contributed by atoms with van der Waals surface area (Å²) in [6.45, 7) is 3.50. The number of benzene rings is 2. The SMILES string of the molecule is Cc1cc(C)nc(NS(=O)(=O)c2ccc(NC(=O)/C=C/c3ccc(-c4cc(Cl)cc(Cl)c4)o3)cc2)n1. The molecule has 0 unspecified atom stereocenters. The van der Waals surface area contributed by atoms with E-state index in [1.807, 2.05) is 0 Å². The Morgan fingerprint density at radius 1 is 0.917 bits per heavy atom. The molecule has 4 aromatic rings. The van der Waals surface area contributed by atoms with Crippen molar-refractivity contribution in [2.24, 2.45) is 0 Å². The summed E-state index contributed by atoms with van der Waals surface area (Å²) in [5.74, 6) is 0.583.